The molecule has 0 fully saturated rings. The number of hydrogen-bond donors (Lipinski definition) is 2. The van der Waals surface area contributed by atoms with E-state index < -0.39 is 0 Å². The van der Waals surface area contributed by atoms with Crippen LogP contribution >= 0.6 is 0 Å². The number of aromatic nitrogens is 2. The summed E-state index contributed by atoms with van der Waals surface area (Å²) in [7, 11) is 3.35. The summed E-state index contributed by atoms with van der Waals surface area (Å²) in [5.41, 5.74) is 4.85. The summed E-state index contributed by atoms with van der Waals surface area (Å²) in [6, 6.07) is 15.4. The normalized spacial score (nSPS) is 10.5. The Morgan fingerprint density at radius 3 is 2.47 bits per heavy atom. The molecule has 2 N–H and O–H groups in total. The van der Waals surface area contributed by atoms with E-state index in [-0.39, 0.29) is 25.0 Å². The van der Waals surface area contributed by atoms with Crippen molar-refractivity contribution in [3.8, 4) is 11.4 Å². The molecule has 0 unspecified atom stereocenters. The van der Waals surface area contributed by atoms with Crippen LogP contribution in [-0.2, 0) is 9.59 Å². The first-order chi connectivity index (χ1) is 15.3. The van der Waals surface area contributed by atoms with Crippen molar-refractivity contribution in [2.45, 2.75) is 20.8 Å². The number of nitrogens with zero attached hydrogens (tertiary/aromatic N) is 3. The number of carbonyl (C=O) groups excluding carboxylic acids is 2. The van der Waals surface area contributed by atoms with Gasteiger partial charge in [-0.25, -0.2) is 4.68 Å². The largest absolute Gasteiger partial charge is 0.482 e. The van der Waals surface area contributed by atoms with Gasteiger partial charge in [0.1, 0.15) is 5.75 Å². The molecule has 0 aliphatic heterocycles. The lowest BCUT2D eigenvalue weighted by Crippen LogP contribution is -2.28. The van der Waals surface area contributed by atoms with Gasteiger partial charge >= 0.3 is 0 Å². The number of aryl methyl sites for hydroxylation is 2. The second kappa shape index (κ2) is 10.00. The van der Waals surface area contributed by atoms with Crippen molar-refractivity contribution in [1.29, 1.82) is 0 Å². The van der Waals surface area contributed by atoms with E-state index in [1.54, 1.807) is 14.1 Å². The maximum absolute atomic E-state index is 12.7. The molecule has 0 spiro atoms. The molecule has 0 aliphatic rings. The predicted octanol–water partition coefficient (Wildman–Crippen LogP) is 3.32. The van der Waals surface area contributed by atoms with E-state index in [9.17, 15) is 9.59 Å². The van der Waals surface area contributed by atoms with Crippen molar-refractivity contribution in [2.75, 3.05) is 37.9 Å². The second-order valence-corrected chi connectivity index (χ2v) is 7.77. The van der Waals surface area contributed by atoms with Crippen LogP contribution in [0.2, 0.25) is 0 Å². The van der Waals surface area contributed by atoms with E-state index in [0.29, 0.717) is 17.1 Å². The highest BCUT2D eigenvalue weighted by Crippen LogP contribution is 2.26. The van der Waals surface area contributed by atoms with Crippen LogP contribution in [-0.4, -0.2) is 53.7 Å². The molecule has 2 amide bonds. The summed E-state index contributed by atoms with van der Waals surface area (Å²) in [6.07, 6.45) is 0. The van der Waals surface area contributed by atoms with Gasteiger partial charge in [0.2, 0.25) is 5.91 Å². The zero-order valence-corrected chi connectivity index (χ0v) is 19.1. The van der Waals surface area contributed by atoms with Crippen molar-refractivity contribution in [2.24, 2.45) is 0 Å². The first-order valence-electron chi connectivity index (χ1n) is 10.3. The van der Waals surface area contributed by atoms with Crippen LogP contribution in [0.15, 0.2) is 48.5 Å². The predicted molar refractivity (Wildman–Crippen MR) is 126 cm³/mol. The van der Waals surface area contributed by atoms with Crippen LogP contribution in [0.25, 0.3) is 5.69 Å². The molecule has 3 aromatic rings. The molecule has 168 valence electrons. The Morgan fingerprint density at radius 2 is 1.78 bits per heavy atom. The summed E-state index contributed by atoms with van der Waals surface area (Å²) in [4.78, 5) is 26.0. The van der Waals surface area contributed by atoms with E-state index in [4.69, 9.17) is 4.74 Å². The van der Waals surface area contributed by atoms with Crippen LogP contribution in [0, 0.1) is 20.8 Å². The third-order valence-corrected chi connectivity index (χ3v) is 4.98. The maximum Gasteiger partial charge on any atom is 0.259 e. The number of ether oxygens (including phenoxy) is 1. The maximum atomic E-state index is 12.7. The quantitative estimate of drug-likeness (QED) is 0.567. The average Bonchev–Trinajstić information content (AvgIpc) is 3.05. The molecule has 8 nitrogen and oxygen atoms in total. The molecular formula is C24H29N5O3. The van der Waals surface area contributed by atoms with Gasteiger partial charge < -0.3 is 20.3 Å². The number of carbonyl (C=O) groups is 2. The minimum atomic E-state index is -0.209. The fraction of sp³-hybridized carbons (Fsp3) is 0.292. The lowest BCUT2D eigenvalue weighted by atomic mass is 10.2. The van der Waals surface area contributed by atoms with E-state index in [1.165, 1.54) is 4.90 Å². The molecule has 0 saturated heterocycles. The van der Waals surface area contributed by atoms with Crippen LogP contribution in [0.3, 0.4) is 0 Å². The van der Waals surface area contributed by atoms with E-state index >= 15 is 0 Å². The van der Waals surface area contributed by atoms with Crippen LogP contribution in [0.4, 0.5) is 11.4 Å². The lowest BCUT2D eigenvalue weighted by Gasteiger charge is -2.16. The summed E-state index contributed by atoms with van der Waals surface area (Å²) in [6.45, 7) is 5.69. The van der Waals surface area contributed by atoms with Crippen LogP contribution in [0.5, 0.6) is 5.75 Å². The standard InChI is InChI=1S/C24H29N5O3/c1-16-11-12-20(21(13-16)32-15-23(31)28(4)5)25-14-22(30)26-24-17(2)27-29(18(24)3)19-9-7-6-8-10-19/h6-13,25H,14-15H2,1-5H3,(H,26,30). The fourth-order valence-electron chi connectivity index (χ4n) is 3.17. The zero-order chi connectivity index (χ0) is 23.3. The highest BCUT2D eigenvalue weighted by Gasteiger charge is 2.16. The van der Waals surface area contributed by atoms with Crippen molar-refractivity contribution in [3.05, 3.63) is 65.5 Å². The van der Waals surface area contributed by atoms with Gasteiger partial charge in [-0.3, -0.25) is 9.59 Å². The highest BCUT2D eigenvalue weighted by molar-refractivity contribution is 5.95. The zero-order valence-electron chi connectivity index (χ0n) is 19.1. The molecule has 3 rings (SSSR count). The topological polar surface area (TPSA) is 88.5 Å². The van der Waals surface area contributed by atoms with Gasteiger partial charge in [-0.2, -0.15) is 5.10 Å². The Labute approximate surface area is 188 Å². The number of rotatable bonds is 8. The monoisotopic (exact) mass is 435 g/mol. The number of nitrogens with one attached hydrogen (secondary N) is 2. The van der Waals surface area contributed by atoms with Gasteiger partial charge in [0.05, 0.1) is 35.0 Å². The van der Waals surface area contributed by atoms with Crippen molar-refractivity contribution in [1.82, 2.24) is 14.7 Å². The molecular weight excluding hydrogens is 406 g/mol. The van der Waals surface area contributed by atoms with E-state index in [0.717, 1.165) is 22.6 Å². The van der Waals surface area contributed by atoms with Gasteiger partial charge in [0, 0.05) is 14.1 Å². The summed E-state index contributed by atoms with van der Waals surface area (Å²) >= 11 is 0. The highest BCUT2D eigenvalue weighted by atomic mass is 16.5. The molecule has 2 aromatic carbocycles. The van der Waals surface area contributed by atoms with Gasteiger partial charge in [0.25, 0.3) is 5.91 Å². The number of benzene rings is 2. The number of amides is 2. The van der Waals surface area contributed by atoms with Gasteiger partial charge in [-0.15, -0.1) is 0 Å². The van der Waals surface area contributed by atoms with Crippen molar-refractivity contribution in [3.63, 3.8) is 0 Å². The smallest absolute Gasteiger partial charge is 0.259 e. The van der Waals surface area contributed by atoms with E-state index in [2.05, 4.69) is 15.7 Å². The molecule has 0 saturated carbocycles. The Bertz CT molecular complexity index is 1110. The van der Waals surface area contributed by atoms with Gasteiger partial charge in [-0.05, 0) is 50.6 Å². The minimum absolute atomic E-state index is 0.0381. The third kappa shape index (κ3) is 5.46. The van der Waals surface area contributed by atoms with Crippen molar-refractivity contribution >= 4 is 23.2 Å². The molecule has 32 heavy (non-hydrogen) atoms. The molecule has 0 radical (unpaired) electrons. The summed E-state index contributed by atoms with van der Waals surface area (Å²) in [5, 5.41) is 10.6. The number of para-hydroxylation sites is 1. The fourth-order valence-corrected chi connectivity index (χ4v) is 3.17. The van der Waals surface area contributed by atoms with Crippen molar-refractivity contribution < 1.29 is 14.3 Å². The number of anilines is 2. The Kier molecular flexibility index (Phi) is 7.14. The molecule has 0 atom stereocenters. The Hall–Kier alpha value is -3.81. The molecule has 1 heterocycles. The SMILES string of the molecule is Cc1ccc(NCC(=O)Nc2c(C)nn(-c3ccccc3)c2C)c(OCC(=O)N(C)C)c1. The summed E-state index contributed by atoms with van der Waals surface area (Å²) < 4.78 is 7.50. The van der Waals surface area contributed by atoms with Crippen LogP contribution in [0.1, 0.15) is 17.0 Å². The number of likely N-dealkylation sites (N-methyl/N-ethyl adjacent to an activating group) is 1. The number of hydrogen-bond acceptors (Lipinski definition) is 5. The first kappa shape index (κ1) is 22.9. The molecule has 8 heteroatoms. The van der Waals surface area contributed by atoms with E-state index in [1.807, 2.05) is 74.0 Å². The van der Waals surface area contributed by atoms with Gasteiger partial charge in [-0.1, -0.05) is 24.3 Å². The Morgan fingerprint density at radius 1 is 1.06 bits per heavy atom. The van der Waals surface area contributed by atoms with Crippen LogP contribution < -0.4 is 15.4 Å². The third-order valence-electron chi connectivity index (χ3n) is 4.98. The Balaban J connectivity index is 1.67. The molecule has 0 bridgehead atoms. The minimum Gasteiger partial charge on any atom is -0.482 e. The first-order valence-corrected chi connectivity index (χ1v) is 10.3. The molecule has 1 aromatic heterocycles. The lowest BCUT2D eigenvalue weighted by molar-refractivity contribution is -0.130. The molecule has 0 aliphatic carbocycles. The second-order valence-electron chi connectivity index (χ2n) is 7.77. The average molecular weight is 436 g/mol. The summed E-state index contributed by atoms with van der Waals surface area (Å²) in [5.74, 6) is 0.175. The van der Waals surface area contributed by atoms with Gasteiger partial charge in [0.15, 0.2) is 6.61 Å².